The molecule has 3 atom stereocenters. The number of nitrogens with zero attached hydrogens (tertiary/aromatic N) is 2. The molecule has 1 aliphatic heterocycles. The van der Waals surface area contributed by atoms with E-state index in [2.05, 4.69) is 53.4 Å². The van der Waals surface area contributed by atoms with Gasteiger partial charge in [-0.2, -0.15) is 0 Å². The molecule has 4 rings (SSSR count). The van der Waals surface area contributed by atoms with Gasteiger partial charge in [0.05, 0.1) is 5.41 Å². The molecule has 0 aromatic carbocycles. The van der Waals surface area contributed by atoms with Gasteiger partial charge in [0.1, 0.15) is 0 Å². The highest BCUT2D eigenvalue weighted by Crippen LogP contribution is 2.80. The van der Waals surface area contributed by atoms with Crippen LogP contribution >= 0.6 is 15.9 Å². The van der Waals surface area contributed by atoms with Crippen LogP contribution in [0, 0.1) is 16.2 Å². The molecular formula is C16H27BrN2O. The Labute approximate surface area is 131 Å². The predicted molar refractivity (Wildman–Crippen MR) is 85.0 cm³/mol. The maximum absolute atomic E-state index is 13.2. The van der Waals surface area contributed by atoms with E-state index in [9.17, 15) is 4.79 Å². The van der Waals surface area contributed by atoms with Crippen molar-refractivity contribution in [3.8, 4) is 0 Å². The van der Waals surface area contributed by atoms with Gasteiger partial charge in [0.2, 0.25) is 5.91 Å². The van der Waals surface area contributed by atoms with E-state index in [4.69, 9.17) is 0 Å². The molecule has 0 aromatic heterocycles. The molecule has 0 spiro atoms. The van der Waals surface area contributed by atoms with Crippen LogP contribution in [0.4, 0.5) is 0 Å². The van der Waals surface area contributed by atoms with E-state index in [0.717, 1.165) is 39.1 Å². The van der Waals surface area contributed by atoms with Crippen LogP contribution in [-0.2, 0) is 4.79 Å². The molecule has 3 unspecified atom stereocenters. The van der Waals surface area contributed by atoms with Crippen molar-refractivity contribution >= 4 is 21.8 Å². The third-order valence-electron chi connectivity index (χ3n) is 7.06. The summed E-state index contributed by atoms with van der Waals surface area (Å²) in [6, 6.07) is 0. The van der Waals surface area contributed by atoms with E-state index in [1.807, 2.05) is 0 Å². The Hall–Kier alpha value is -0.0900. The lowest BCUT2D eigenvalue weighted by atomic mass is 9.43. The number of carbonyl (C=O) groups excluding carboxylic acids is 1. The van der Waals surface area contributed by atoms with Gasteiger partial charge in [-0.15, -0.1) is 0 Å². The minimum absolute atomic E-state index is 0.118. The molecule has 3 aliphatic carbocycles. The summed E-state index contributed by atoms with van der Waals surface area (Å²) in [6.07, 6.45) is 2.23. The third-order valence-corrected chi connectivity index (χ3v) is 8.85. The summed E-state index contributed by atoms with van der Waals surface area (Å²) >= 11 is 3.88. The Morgan fingerprint density at radius 2 is 1.75 bits per heavy atom. The molecule has 4 fully saturated rings. The molecule has 114 valence electrons. The molecule has 2 bridgehead atoms. The van der Waals surface area contributed by atoms with Gasteiger partial charge in [0.15, 0.2) is 0 Å². The maximum atomic E-state index is 13.2. The zero-order chi connectivity index (χ0) is 14.8. The van der Waals surface area contributed by atoms with E-state index in [0.29, 0.717) is 10.7 Å². The number of halogens is 1. The quantitative estimate of drug-likeness (QED) is 0.720. The summed E-state index contributed by atoms with van der Waals surface area (Å²) in [6.45, 7) is 14.1. The molecule has 1 saturated heterocycles. The van der Waals surface area contributed by atoms with Gasteiger partial charge in [-0.1, -0.05) is 43.6 Å². The minimum Gasteiger partial charge on any atom is -0.340 e. The molecule has 0 radical (unpaired) electrons. The molecule has 1 heterocycles. The predicted octanol–water partition coefficient (Wildman–Crippen LogP) is 2.74. The second kappa shape index (κ2) is 4.45. The summed E-state index contributed by atoms with van der Waals surface area (Å²) in [4.78, 5) is 18.1. The average Bonchev–Trinajstić information content (AvgIpc) is 2.86. The number of amides is 1. The number of hydrogen-bond donors (Lipinski definition) is 0. The largest absolute Gasteiger partial charge is 0.340 e. The zero-order valence-corrected chi connectivity index (χ0v) is 14.8. The lowest BCUT2D eigenvalue weighted by molar-refractivity contribution is -0.174. The third kappa shape index (κ3) is 1.48. The Kier molecular flexibility index (Phi) is 3.30. The van der Waals surface area contributed by atoms with E-state index in [-0.39, 0.29) is 16.2 Å². The first-order valence-corrected chi connectivity index (χ1v) is 8.88. The Bertz CT molecular complexity index is 430. The normalized spacial score (nSPS) is 43.5. The van der Waals surface area contributed by atoms with Gasteiger partial charge in [-0.25, -0.2) is 0 Å². The van der Waals surface area contributed by atoms with E-state index >= 15 is 0 Å². The molecule has 4 aliphatic rings. The Morgan fingerprint density at radius 3 is 2.15 bits per heavy atom. The number of fused-ring (bicyclic) bond motifs is 1. The van der Waals surface area contributed by atoms with Gasteiger partial charge in [-0.3, -0.25) is 4.79 Å². The first-order valence-electron chi connectivity index (χ1n) is 7.97. The van der Waals surface area contributed by atoms with Crippen LogP contribution in [0.1, 0.15) is 40.5 Å². The Morgan fingerprint density at radius 1 is 1.15 bits per heavy atom. The van der Waals surface area contributed by atoms with Gasteiger partial charge < -0.3 is 9.80 Å². The van der Waals surface area contributed by atoms with Crippen molar-refractivity contribution in [3.05, 3.63) is 0 Å². The molecule has 20 heavy (non-hydrogen) atoms. The van der Waals surface area contributed by atoms with Crippen LogP contribution < -0.4 is 0 Å². The number of carbonyl (C=O) groups is 1. The van der Waals surface area contributed by atoms with Crippen LogP contribution in [0.15, 0.2) is 0 Å². The fraction of sp³-hybridized carbons (Fsp3) is 0.938. The topological polar surface area (TPSA) is 23.6 Å². The number of rotatable bonds is 2. The molecule has 1 amide bonds. The maximum Gasteiger partial charge on any atom is 0.230 e. The van der Waals surface area contributed by atoms with Crippen molar-refractivity contribution in [2.24, 2.45) is 16.2 Å². The van der Waals surface area contributed by atoms with E-state index in [1.165, 1.54) is 6.42 Å². The van der Waals surface area contributed by atoms with E-state index in [1.54, 1.807) is 0 Å². The zero-order valence-electron chi connectivity index (χ0n) is 13.2. The molecule has 0 N–H and O–H groups in total. The van der Waals surface area contributed by atoms with Gasteiger partial charge in [-0.05, 0) is 30.2 Å². The van der Waals surface area contributed by atoms with Crippen molar-refractivity contribution < 1.29 is 4.79 Å². The average molecular weight is 343 g/mol. The second-order valence-corrected chi connectivity index (χ2v) is 8.52. The molecule has 3 nitrogen and oxygen atoms in total. The van der Waals surface area contributed by atoms with Crippen molar-refractivity contribution in [2.45, 2.75) is 45.4 Å². The molecule has 0 aromatic rings. The number of piperazine rings is 1. The number of alkyl halides is 1. The van der Waals surface area contributed by atoms with Gasteiger partial charge >= 0.3 is 0 Å². The van der Waals surface area contributed by atoms with E-state index < -0.39 is 0 Å². The Balaban J connectivity index is 1.79. The van der Waals surface area contributed by atoms with Crippen LogP contribution in [0.25, 0.3) is 0 Å². The SMILES string of the molecule is CCN1CCN(C(=O)C23CCC(C)(C2Br)C3(C)C)CC1. The monoisotopic (exact) mass is 342 g/mol. The summed E-state index contributed by atoms with van der Waals surface area (Å²) in [5.41, 5.74) is 0.247. The fourth-order valence-electron chi connectivity index (χ4n) is 4.98. The smallest absolute Gasteiger partial charge is 0.230 e. The van der Waals surface area contributed by atoms with Crippen molar-refractivity contribution in [1.82, 2.24) is 9.80 Å². The number of likely N-dealkylation sites (N-methyl/N-ethyl adjacent to an activating group) is 1. The van der Waals surface area contributed by atoms with Crippen LogP contribution in [-0.4, -0.2) is 53.3 Å². The summed E-state index contributed by atoms with van der Waals surface area (Å²) in [5, 5.41) is 0. The summed E-state index contributed by atoms with van der Waals surface area (Å²) < 4.78 is 0. The van der Waals surface area contributed by atoms with Crippen molar-refractivity contribution in [3.63, 3.8) is 0 Å². The molecule has 3 saturated carbocycles. The van der Waals surface area contributed by atoms with Gasteiger partial charge in [0.25, 0.3) is 0 Å². The minimum atomic E-state index is -0.157. The van der Waals surface area contributed by atoms with Crippen LogP contribution in [0.5, 0.6) is 0 Å². The highest BCUT2D eigenvalue weighted by molar-refractivity contribution is 9.09. The summed E-state index contributed by atoms with van der Waals surface area (Å²) in [5.74, 6) is 0.412. The molecular weight excluding hydrogens is 316 g/mol. The standard InChI is InChI=1S/C16H27BrN2O/c1-5-18-8-10-19(11-9-18)13(20)16-7-6-15(4,12(16)17)14(16,2)3/h12H,5-11H2,1-4H3. The fourth-order valence-corrected chi connectivity index (χ4v) is 6.77. The highest BCUT2D eigenvalue weighted by atomic mass is 79.9. The van der Waals surface area contributed by atoms with Crippen LogP contribution in [0.2, 0.25) is 0 Å². The summed E-state index contributed by atoms with van der Waals surface area (Å²) in [7, 11) is 0. The van der Waals surface area contributed by atoms with Crippen molar-refractivity contribution in [2.75, 3.05) is 32.7 Å². The first kappa shape index (κ1) is 14.8. The molecule has 4 heteroatoms. The number of hydrogen-bond acceptors (Lipinski definition) is 2. The van der Waals surface area contributed by atoms with Gasteiger partial charge in [0, 0.05) is 31.0 Å². The lowest BCUT2D eigenvalue weighted by Crippen LogP contribution is -2.70. The highest BCUT2D eigenvalue weighted by Gasteiger charge is 2.80. The lowest BCUT2D eigenvalue weighted by Gasteiger charge is -2.65. The first-order chi connectivity index (χ1) is 9.31. The van der Waals surface area contributed by atoms with Crippen LogP contribution in [0.3, 0.4) is 0 Å². The van der Waals surface area contributed by atoms with Crippen molar-refractivity contribution in [1.29, 1.82) is 0 Å². The second-order valence-electron chi connectivity index (χ2n) is 7.60.